The lowest BCUT2D eigenvalue weighted by Gasteiger charge is -2.24. The molecule has 1 aliphatic heterocycles. The Morgan fingerprint density at radius 3 is 2.72 bits per heavy atom. The van der Waals surface area contributed by atoms with E-state index in [1.54, 1.807) is 0 Å². The van der Waals surface area contributed by atoms with Crippen molar-refractivity contribution in [2.75, 3.05) is 20.1 Å². The number of rotatable bonds is 2. The highest BCUT2D eigenvalue weighted by molar-refractivity contribution is 5.95. The molecular formula is C14H21ClN2O. The van der Waals surface area contributed by atoms with Crippen molar-refractivity contribution in [2.24, 2.45) is 0 Å². The van der Waals surface area contributed by atoms with E-state index in [1.807, 2.05) is 44.0 Å². The Bertz CT molecular complexity index is 428. The second-order valence-corrected chi connectivity index (χ2v) is 4.88. The molecule has 4 heteroatoms. The summed E-state index contributed by atoms with van der Waals surface area (Å²) in [6.07, 6.45) is 1.05. The maximum atomic E-state index is 12.4. The van der Waals surface area contributed by atoms with Crippen LogP contribution >= 0.6 is 12.4 Å². The topological polar surface area (TPSA) is 32.3 Å². The molecule has 100 valence electrons. The Balaban J connectivity index is 0.00000162. The first-order chi connectivity index (χ1) is 8.09. The average molecular weight is 269 g/mol. The van der Waals surface area contributed by atoms with E-state index in [0.717, 1.165) is 36.2 Å². The Hall–Kier alpha value is -1.06. The van der Waals surface area contributed by atoms with Crippen molar-refractivity contribution < 1.29 is 4.79 Å². The lowest BCUT2D eigenvalue weighted by molar-refractivity contribution is 0.0743. The van der Waals surface area contributed by atoms with Crippen LogP contribution in [0.5, 0.6) is 0 Å². The molecule has 1 aromatic carbocycles. The molecule has 0 radical (unpaired) electrons. The van der Waals surface area contributed by atoms with E-state index >= 15 is 0 Å². The first-order valence-corrected chi connectivity index (χ1v) is 6.14. The number of hydrogen-bond donors (Lipinski definition) is 1. The number of carbonyl (C=O) groups excluding carboxylic acids is 1. The molecule has 0 saturated carbocycles. The van der Waals surface area contributed by atoms with Crippen LogP contribution in [0.4, 0.5) is 0 Å². The van der Waals surface area contributed by atoms with Gasteiger partial charge in [-0.25, -0.2) is 0 Å². The highest BCUT2D eigenvalue weighted by Gasteiger charge is 2.24. The molecule has 1 unspecified atom stereocenters. The standard InChI is InChI=1S/C14H20N2O.ClH/c1-10-4-5-11(2)13(8-10)14(17)16(3)12-6-7-15-9-12;/h4-5,8,12,15H,6-7,9H2,1-3H3;1H. The molecule has 1 saturated heterocycles. The largest absolute Gasteiger partial charge is 0.337 e. The zero-order chi connectivity index (χ0) is 12.4. The molecule has 1 aliphatic rings. The molecule has 18 heavy (non-hydrogen) atoms. The normalized spacial score (nSPS) is 18.3. The number of benzene rings is 1. The minimum Gasteiger partial charge on any atom is -0.337 e. The molecule has 3 nitrogen and oxygen atoms in total. The summed E-state index contributed by atoms with van der Waals surface area (Å²) in [6, 6.07) is 6.38. The molecule has 1 N–H and O–H groups in total. The van der Waals surface area contributed by atoms with E-state index in [0.29, 0.717) is 6.04 Å². The van der Waals surface area contributed by atoms with Gasteiger partial charge < -0.3 is 10.2 Å². The van der Waals surface area contributed by atoms with Crippen LogP contribution in [0.2, 0.25) is 0 Å². The number of nitrogens with zero attached hydrogens (tertiary/aromatic N) is 1. The summed E-state index contributed by atoms with van der Waals surface area (Å²) >= 11 is 0. The maximum absolute atomic E-state index is 12.4. The third kappa shape index (κ3) is 3.03. The molecule has 0 spiro atoms. The summed E-state index contributed by atoms with van der Waals surface area (Å²) in [7, 11) is 1.90. The van der Waals surface area contributed by atoms with Gasteiger partial charge in [-0.1, -0.05) is 17.7 Å². The van der Waals surface area contributed by atoms with E-state index in [-0.39, 0.29) is 18.3 Å². The quantitative estimate of drug-likeness (QED) is 0.892. The van der Waals surface area contributed by atoms with E-state index < -0.39 is 0 Å². The van der Waals surface area contributed by atoms with E-state index in [4.69, 9.17) is 0 Å². The third-order valence-electron chi connectivity index (χ3n) is 3.53. The molecule has 1 heterocycles. The molecule has 1 amide bonds. The third-order valence-corrected chi connectivity index (χ3v) is 3.53. The highest BCUT2D eigenvalue weighted by atomic mass is 35.5. The summed E-state index contributed by atoms with van der Waals surface area (Å²) < 4.78 is 0. The van der Waals surface area contributed by atoms with Crippen LogP contribution in [0.1, 0.15) is 27.9 Å². The highest BCUT2D eigenvalue weighted by Crippen LogP contribution is 2.16. The van der Waals surface area contributed by atoms with Crippen LogP contribution in [-0.2, 0) is 0 Å². The number of nitrogens with one attached hydrogen (secondary N) is 1. The number of amides is 1. The van der Waals surface area contributed by atoms with Gasteiger partial charge >= 0.3 is 0 Å². The minimum atomic E-state index is 0. The zero-order valence-corrected chi connectivity index (χ0v) is 12.0. The first kappa shape index (κ1) is 15.0. The number of carbonyl (C=O) groups is 1. The van der Waals surface area contributed by atoms with Crippen molar-refractivity contribution in [2.45, 2.75) is 26.3 Å². The van der Waals surface area contributed by atoms with E-state index in [9.17, 15) is 4.79 Å². The van der Waals surface area contributed by atoms with Crippen LogP contribution in [0.25, 0.3) is 0 Å². The summed E-state index contributed by atoms with van der Waals surface area (Å²) in [5, 5.41) is 3.29. The van der Waals surface area contributed by atoms with Crippen molar-refractivity contribution in [3.05, 3.63) is 34.9 Å². The van der Waals surface area contributed by atoms with E-state index in [1.165, 1.54) is 0 Å². The van der Waals surface area contributed by atoms with Gasteiger partial charge in [-0.3, -0.25) is 4.79 Å². The van der Waals surface area contributed by atoms with Crippen molar-refractivity contribution >= 4 is 18.3 Å². The lowest BCUT2D eigenvalue weighted by atomic mass is 10.0. The smallest absolute Gasteiger partial charge is 0.254 e. The number of hydrogen-bond acceptors (Lipinski definition) is 2. The van der Waals surface area contributed by atoms with Crippen LogP contribution in [0.3, 0.4) is 0 Å². The van der Waals surface area contributed by atoms with Gasteiger partial charge in [0, 0.05) is 25.2 Å². The predicted molar refractivity (Wildman–Crippen MR) is 76.5 cm³/mol. The van der Waals surface area contributed by atoms with Crippen LogP contribution in [0.15, 0.2) is 18.2 Å². The maximum Gasteiger partial charge on any atom is 0.254 e. The molecule has 0 aromatic heterocycles. The second kappa shape index (κ2) is 6.21. The molecular weight excluding hydrogens is 248 g/mol. The summed E-state index contributed by atoms with van der Waals surface area (Å²) in [5.74, 6) is 0.139. The van der Waals surface area contributed by atoms with Crippen molar-refractivity contribution in [3.8, 4) is 0 Å². The van der Waals surface area contributed by atoms with Crippen molar-refractivity contribution in [1.29, 1.82) is 0 Å². The number of halogens is 1. The molecule has 1 aromatic rings. The van der Waals surface area contributed by atoms with Crippen LogP contribution < -0.4 is 5.32 Å². The summed E-state index contributed by atoms with van der Waals surface area (Å²) in [6.45, 7) is 5.93. The fraction of sp³-hybridized carbons (Fsp3) is 0.500. The molecule has 1 fully saturated rings. The first-order valence-electron chi connectivity index (χ1n) is 6.14. The molecule has 0 aliphatic carbocycles. The summed E-state index contributed by atoms with van der Waals surface area (Å²) in [5.41, 5.74) is 3.02. The van der Waals surface area contributed by atoms with Gasteiger partial charge in [-0.2, -0.15) is 0 Å². The Morgan fingerprint density at radius 2 is 2.11 bits per heavy atom. The van der Waals surface area contributed by atoms with Gasteiger partial charge in [0.05, 0.1) is 0 Å². The van der Waals surface area contributed by atoms with Crippen molar-refractivity contribution in [3.63, 3.8) is 0 Å². The van der Waals surface area contributed by atoms with Crippen LogP contribution in [-0.4, -0.2) is 37.0 Å². The molecule has 0 bridgehead atoms. The van der Waals surface area contributed by atoms with Gasteiger partial charge in [-0.15, -0.1) is 12.4 Å². The number of aryl methyl sites for hydroxylation is 2. The van der Waals surface area contributed by atoms with Gasteiger partial charge in [-0.05, 0) is 38.4 Å². The van der Waals surface area contributed by atoms with Gasteiger partial charge in [0.1, 0.15) is 0 Å². The van der Waals surface area contributed by atoms with Gasteiger partial charge in [0.15, 0.2) is 0 Å². The fourth-order valence-electron chi connectivity index (χ4n) is 2.29. The Morgan fingerprint density at radius 1 is 1.39 bits per heavy atom. The average Bonchev–Trinajstić information content (AvgIpc) is 2.84. The minimum absolute atomic E-state index is 0. The van der Waals surface area contributed by atoms with E-state index in [2.05, 4.69) is 5.32 Å². The Kier molecular flexibility index (Phi) is 5.17. The molecule has 1 atom stereocenters. The zero-order valence-electron chi connectivity index (χ0n) is 11.2. The molecule has 2 rings (SSSR count). The monoisotopic (exact) mass is 268 g/mol. The van der Waals surface area contributed by atoms with Crippen molar-refractivity contribution in [1.82, 2.24) is 10.2 Å². The lowest BCUT2D eigenvalue weighted by Crippen LogP contribution is -2.38. The van der Waals surface area contributed by atoms with Crippen LogP contribution in [0, 0.1) is 13.8 Å². The number of likely N-dealkylation sites (N-methyl/N-ethyl adjacent to an activating group) is 1. The van der Waals surface area contributed by atoms with Gasteiger partial charge in [0.25, 0.3) is 5.91 Å². The Labute approximate surface area is 115 Å². The SMILES string of the molecule is Cc1ccc(C)c(C(=O)N(C)C2CCNC2)c1.Cl. The fourth-order valence-corrected chi connectivity index (χ4v) is 2.29. The second-order valence-electron chi connectivity index (χ2n) is 4.88. The predicted octanol–water partition coefficient (Wildman–Crippen LogP) is 2.16. The van der Waals surface area contributed by atoms with Gasteiger partial charge in [0.2, 0.25) is 0 Å². The summed E-state index contributed by atoms with van der Waals surface area (Å²) in [4.78, 5) is 14.3.